The Balaban J connectivity index is 2.35. The number of hydrogen-bond donors (Lipinski definition) is 1. The summed E-state index contributed by atoms with van der Waals surface area (Å²) in [4.78, 5) is 0.248. The van der Waals surface area contributed by atoms with Crippen molar-refractivity contribution >= 4 is 15.7 Å². The van der Waals surface area contributed by atoms with Gasteiger partial charge in [-0.1, -0.05) is 31.9 Å². The van der Waals surface area contributed by atoms with Crippen molar-refractivity contribution in [2.75, 3.05) is 12.3 Å². The van der Waals surface area contributed by atoms with Crippen LogP contribution in [0.25, 0.3) is 0 Å². The fourth-order valence-corrected chi connectivity index (χ4v) is 4.60. The zero-order chi connectivity index (χ0) is 13.9. The first-order valence-corrected chi connectivity index (χ1v) is 8.37. The van der Waals surface area contributed by atoms with E-state index in [2.05, 4.69) is 6.92 Å². The average molecular weight is 282 g/mol. The third-order valence-corrected chi connectivity index (χ3v) is 5.73. The molecule has 1 heterocycles. The van der Waals surface area contributed by atoms with Gasteiger partial charge in [-0.2, -0.15) is 4.31 Å². The lowest BCUT2D eigenvalue weighted by molar-refractivity contribution is 0.239. The van der Waals surface area contributed by atoms with Crippen LogP contribution in [0.3, 0.4) is 0 Å². The second-order valence-corrected chi connectivity index (χ2v) is 6.95. The van der Waals surface area contributed by atoms with Crippen molar-refractivity contribution in [3.63, 3.8) is 0 Å². The molecule has 1 aromatic carbocycles. The number of para-hydroxylation sites is 1. The van der Waals surface area contributed by atoms with E-state index >= 15 is 0 Å². The molecule has 0 amide bonds. The Morgan fingerprint density at radius 1 is 1.32 bits per heavy atom. The van der Waals surface area contributed by atoms with E-state index in [0.717, 1.165) is 32.1 Å². The van der Waals surface area contributed by atoms with E-state index in [9.17, 15) is 8.42 Å². The molecule has 1 fully saturated rings. The molecule has 19 heavy (non-hydrogen) atoms. The summed E-state index contributed by atoms with van der Waals surface area (Å²) in [6.07, 6.45) is 4.93. The number of nitrogens with two attached hydrogens (primary N) is 1. The molecule has 1 aliphatic rings. The molecule has 0 bridgehead atoms. The minimum absolute atomic E-state index is 0.128. The summed E-state index contributed by atoms with van der Waals surface area (Å²) in [5.74, 6) is 0. The first kappa shape index (κ1) is 14.3. The summed E-state index contributed by atoms with van der Waals surface area (Å²) in [6, 6.07) is 6.85. The van der Waals surface area contributed by atoms with Crippen LogP contribution in [0.15, 0.2) is 29.2 Å². The number of hydrogen-bond acceptors (Lipinski definition) is 3. The highest BCUT2D eigenvalue weighted by Crippen LogP contribution is 2.29. The third kappa shape index (κ3) is 2.92. The maximum atomic E-state index is 12.7. The normalized spacial score (nSPS) is 21.4. The number of sulfonamides is 1. The Labute approximate surface area is 115 Å². The molecule has 0 aliphatic carbocycles. The van der Waals surface area contributed by atoms with Gasteiger partial charge in [0.15, 0.2) is 0 Å². The number of nitrogens with zero attached hydrogens (tertiary/aromatic N) is 1. The molecule has 0 radical (unpaired) electrons. The van der Waals surface area contributed by atoms with Gasteiger partial charge in [-0.3, -0.25) is 0 Å². The van der Waals surface area contributed by atoms with Crippen LogP contribution in [0.2, 0.25) is 0 Å². The molecule has 0 aromatic heterocycles. The van der Waals surface area contributed by atoms with Crippen LogP contribution < -0.4 is 5.73 Å². The minimum atomic E-state index is -3.46. The predicted octanol–water partition coefficient (Wildman–Crippen LogP) is 2.61. The molecule has 5 heteroatoms. The lowest BCUT2D eigenvalue weighted by Gasteiger charge is -2.34. The molecule has 4 nitrogen and oxygen atoms in total. The van der Waals surface area contributed by atoms with Crippen molar-refractivity contribution in [3.8, 4) is 0 Å². The summed E-state index contributed by atoms with van der Waals surface area (Å²) in [6.45, 7) is 2.71. The van der Waals surface area contributed by atoms with Gasteiger partial charge in [0.2, 0.25) is 10.0 Å². The van der Waals surface area contributed by atoms with E-state index in [1.54, 1.807) is 28.6 Å². The molecule has 2 rings (SSSR count). The van der Waals surface area contributed by atoms with Gasteiger partial charge < -0.3 is 5.73 Å². The maximum Gasteiger partial charge on any atom is 0.245 e. The van der Waals surface area contributed by atoms with Crippen LogP contribution in [0, 0.1) is 0 Å². The van der Waals surface area contributed by atoms with Gasteiger partial charge in [-0.15, -0.1) is 0 Å². The number of rotatable bonds is 4. The molecule has 2 N–H and O–H groups in total. The summed E-state index contributed by atoms with van der Waals surface area (Å²) < 4.78 is 27.1. The predicted molar refractivity (Wildman–Crippen MR) is 77.3 cm³/mol. The average Bonchev–Trinajstić information content (AvgIpc) is 2.40. The van der Waals surface area contributed by atoms with E-state index in [1.165, 1.54) is 0 Å². The van der Waals surface area contributed by atoms with Gasteiger partial charge in [0, 0.05) is 12.6 Å². The molecule has 1 aromatic rings. The van der Waals surface area contributed by atoms with Gasteiger partial charge in [0.05, 0.1) is 5.69 Å². The quantitative estimate of drug-likeness (QED) is 0.863. The SMILES string of the molecule is CCCC1CCCCN1S(=O)(=O)c1ccccc1N. The molecular weight excluding hydrogens is 260 g/mol. The lowest BCUT2D eigenvalue weighted by Crippen LogP contribution is -2.43. The fourth-order valence-electron chi connectivity index (χ4n) is 2.75. The van der Waals surface area contributed by atoms with Crippen molar-refractivity contribution in [2.24, 2.45) is 0 Å². The maximum absolute atomic E-state index is 12.7. The highest BCUT2D eigenvalue weighted by Gasteiger charge is 2.33. The Bertz CT molecular complexity index is 526. The Morgan fingerprint density at radius 3 is 2.74 bits per heavy atom. The molecular formula is C14H22N2O2S. The van der Waals surface area contributed by atoms with Crippen LogP contribution in [0.5, 0.6) is 0 Å². The van der Waals surface area contributed by atoms with Crippen LogP contribution in [-0.2, 0) is 10.0 Å². The van der Waals surface area contributed by atoms with Crippen molar-refractivity contribution in [3.05, 3.63) is 24.3 Å². The Kier molecular flexibility index (Phi) is 4.47. The molecule has 1 saturated heterocycles. The fraction of sp³-hybridized carbons (Fsp3) is 0.571. The summed E-state index contributed by atoms with van der Waals surface area (Å²) >= 11 is 0. The summed E-state index contributed by atoms with van der Waals surface area (Å²) in [7, 11) is -3.46. The van der Waals surface area contributed by atoms with Crippen molar-refractivity contribution in [1.29, 1.82) is 0 Å². The van der Waals surface area contributed by atoms with E-state index in [-0.39, 0.29) is 10.9 Å². The molecule has 1 unspecified atom stereocenters. The molecule has 1 aliphatic heterocycles. The number of piperidine rings is 1. The van der Waals surface area contributed by atoms with Crippen molar-refractivity contribution in [1.82, 2.24) is 4.31 Å². The molecule has 1 atom stereocenters. The zero-order valence-corrected chi connectivity index (χ0v) is 12.2. The van der Waals surface area contributed by atoms with Crippen LogP contribution in [-0.4, -0.2) is 25.3 Å². The van der Waals surface area contributed by atoms with Crippen LogP contribution in [0.4, 0.5) is 5.69 Å². The third-order valence-electron chi connectivity index (χ3n) is 3.70. The minimum Gasteiger partial charge on any atom is -0.398 e. The van der Waals surface area contributed by atoms with E-state index in [0.29, 0.717) is 12.2 Å². The number of nitrogen functional groups attached to an aromatic ring is 1. The van der Waals surface area contributed by atoms with E-state index < -0.39 is 10.0 Å². The molecule has 0 saturated carbocycles. The van der Waals surface area contributed by atoms with Crippen molar-refractivity contribution in [2.45, 2.75) is 50.0 Å². The van der Waals surface area contributed by atoms with Gasteiger partial charge in [0.1, 0.15) is 4.90 Å². The zero-order valence-electron chi connectivity index (χ0n) is 11.4. The Morgan fingerprint density at radius 2 is 2.05 bits per heavy atom. The smallest absolute Gasteiger partial charge is 0.245 e. The lowest BCUT2D eigenvalue weighted by atomic mass is 10.0. The molecule has 106 valence electrons. The largest absolute Gasteiger partial charge is 0.398 e. The van der Waals surface area contributed by atoms with Crippen molar-refractivity contribution < 1.29 is 8.42 Å². The second-order valence-electron chi connectivity index (χ2n) is 5.09. The van der Waals surface area contributed by atoms with Gasteiger partial charge in [-0.25, -0.2) is 8.42 Å². The van der Waals surface area contributed by atoms with Gasteiger partial charge in [-0.05, 0) is 31.4 Å². The number of benzene rings is 1. The monoisotopic (exact) mass is 282 g/mol. The highest BCUT2D eigenvalue weighted by molar-refractivity contribution is 7.89. The van der Waals surface area contributed by atoms with Crippen LogP contribution >= 0.6 is 0 Å². The van der Waals surface area contributed by atoms with Gasteiger partial charge >= 0.3 is 0 Å². The Hall–Kier alpha value is -1.07. The van der Waals surface area contributed by atoms with E-state index in [4.69, 9.17) is 5.73 Å². The number of anilines is 1. The highest BCUT2D eigenvalue weighted by atomic mass is 32.2. The summed E-state index contributed by atoms with van der Waals surface area (Å²) in [5.41, 5.74) is 6.16. The first-order valence-electron chi connectivity index (χ1n) is 6.93. The standard InChI is InChI=1S/C14H22N2O2S/c1-2-7-12-8-5-6-11-16(12)19(17,18)14-10-4-3-9-13(14)15/h3-4,9-10,12H,2,5-8,11,15H2,1H3. The molecule has 0 spiro atoms. The van der Waals surface area contributed by atoms with Gasteiger partial charge in [0.25, 0.3) is 0 Å². The second kappa shape index (κ2) is 5.92. The van der Waals surface area contributed by atoms with Crippen LogP contribution in [0.1, 0.15) is 39.0 Å². The first-order chi connectivity index (χ1) is 9.07. The topological polar surface area (TPSA) is 63.4 Å². The van der Waals surface area contributed by atoms with E-state index in [1.807, 2.05) is 0 Å². The summed E-state index contributed by atoms with van der Waals surface area (Å²) in [5, 5.41) is 0.